The Bertz CT molecular complexity index is 1360. The summed E-state index contributed by atoms with van der Waals surface area (Å²) >= 11 is 0. The van der Waals surface area contributed by atoms with Crippen LogP contribution in [-0.4, -0.2) is 51.1 Å². The molecule has 41 heavy (non-hydrogen) atoms. The molecule has 13 heteroatoms. The molecular weight excluding hydrogens is 543 g/mol. The van der Waals surface area contributed by atoms with Crippen LogP contribution < -0.4 is 15.4 Å². The summed E-state index contributed by atoms with van der Waals surface area (Å²) in [4.78, 5) is 24.7. The molecule has 1 saturated heterocycles. The number of alkyl carbamates (subject to hydrolysis) is 1. The Balaban J connectivity index is 1.28. The van der Waals surface area contributed by atoms with Crippen molar-refractivity contribution in [3.8, 4) is 17.1 Å². The SMILES string of the molecule is Cn1c(COc2cccc(C(F)(F)F)c2)nnc1-c1ccc(NC(=O)[C@@H]2CC[C@@H](NC(=O)OC(C)(C)C)CO2)cc1. The van der Waals surface area contributed by atoms with Gasteiger partial charge in [-0.1, -0.05) is 6.07 Å². The van der Waals surface area contributed by atoms with Crippen molar-refractivity contribution in [2.24, 2.45) is 7.05 Å². The number of hydrogen-bond donors (Lipinski definition) is 2. The monoisotopic (exact) mass is 575 g/mol. The summed E-state index contributed by atoms with van der Waals surface area (Å²) in [5, 5.41) is 13.9. The molecule has 0 radical (unpaired) electrons. The van der Waals surface area contributed by atoms with E-state index < -0.39 is 29.5 Å². The summed E-state index contributed by atoms with van der Waals surface area (Å²) in [7, 11) is 1.72. The molecule has 10 nitrogen and oxygen atoms in total. The van der Waals surface area contributed by atoms with Crippen molar-refractivity contribution in [1.29, 1.82) is 0 Å². The molecule has 2 aromatic carbocycles. The van der Waals surface area contributed by atoms with E-state index in [9.17, 15) is 22.8 Å². The molecule has 0 aliphatic carbocycles. The third kappa shape index (κ3) is 8.19. The van der Waals surface area contributed by atoms with Gasteiger partial charge in [0.15, 0.2) is 11.6 Å². The lowest BCUT2D eigenvalue weighted by Crippen LogP contribution is -2.47. The molecule has 2 N–H and O–H groups in total. The van der Waals surface area contributed by atoms with Crippen LogP contribution in [-0.2, 0) is 34.1 Å². The van der Waals surface area contributed by atoms with Crippen LogP contribution in [0.3, 0.4) is 0 Å². The van der Waals surface area contributed by atoms with Gasteiger partial charge in [-0.3, -0.25) is 4.79 Å². The van der Waals surface area contributed by atoms with Gasteiger partial charge in [0, 0.05) is 18.3 Å². The number of rotatable bonds is 7. The Labute approximate surface area is 235 Å². The predicted octanol–water partition coefficient (Wildman–Crippen LogP) is 5.09. The first-order chi connectivity index (χ1) is 19.3. The van der Waals surface area contributed by atoms with Gasteiger partial charge in [0.2, 0.25) is 0 Å². The van der Waals surface area contributed by atoms with E-state index in [4.69, 9.17) is 14.2 Å². The van der Waals surface area contributed by atoms with Crippen LogP contribution in [0.4, 0.5) is 23.7 Å². The van der Waals surface area contributed by atoms with Crippen molar-refractivity contribution in [3.05, 3.63) is 59.9 Å². The Hall–Kier alpha value is -4.13. The minimum Gasteiger partial charge on any atom is -0.486 e. The average molecular weight is 576 g/mol. The first kappa shape index (κ1) is 29.8. The van der Waals surface area contributed by atoms with Crippen molar-refractivity contribution >= 4 is 17.7 Å². The Kier molecular flexibility index (Phi) is 8.86. The van der Waals surface area contributed by atoms with Crippen LogP contribution in [0, 0.1) is 0 Å². The van der Waals surface area contributed by atoms with Gasteiger partial charge in [-0.15, -0.1) is 10.2 Å². The summed E-state index contributed by atoms with van der Waals surface area (Å²) < 4.78 is 57.0. The highest BCUT2D eigenvalue weighted by atomic mass is 19.4. The molecule has 2 atom stereocenters. The molecule has 3 aromatic rings. The lowest BCUT2D eigenvalue weighted by atomic mass is 10.0. The number of ether oxygens (including phenoxy) is 3. The van der Waals surface area contributed by atoms with E-state index in [1.54, 1.807) is 56.7 Å². The minimum atomic E-state index is -4.46. The standard InChI is InChI=1S/C28H32F3N5O5/c1-27(2,3)41-26(38)33-20-12-13-22(40-15-20)25(37)32-19-10-8-17(9-11-19)24-35-34-23(36(24)4)16-39-21-7-5-6-18(14-21)28(29,30)31/h5-11,14,20,22H,12-13,15-16H2,1-4H3,(H,32,37)(H,33,38)/t20-,22+/m1/s1. The number of aromatic nitrogens is 3. The zero-order chi connectivity index (χ0) is 29.8. The van der Waals surface area contributed by atoms with E-state index in [0.717, 1.165) is 12.1 Å². The number of nitrogens with zero attached hydrogens (tertiary/aromatic N) is 3. The summed E-state index contributed by atoms with van der Waals surface area (Å²) in [5.74, 6) is 0.718. The van der Waals surface area contributed by atoms with Gasteiger partial charge in [-0.2, -0.15) is 13.2 Å². The maximum Gasteiger partial charge on any atom is 0.416 e. The molecule has 1 aliphatic rings. The fourth-order valence-corrected chi connectivity index (χ4v) is 4.12. The predicted molar refractivity (Wildman–Crippen MR) is 143 cm³/mol. The first-order valence-electron chi connectivity index (χ1n) is 13.0. The maximum atomic E-state index is 12.9. The molecular formula is C28H32F3N5O5. The topological polar surface area (TPSA) is 117 Å². The van der Waals surface area contributed by atoms with E-state index in [-0.39, 0.29) is 30.9 Å². The van der Waals surface area contributed by atoms with Crippen molar-refractivity contribution in [1.82, 2.24) is 20.1 Å². The molecule has 0 saturated carbocycles. The molecule has 2 amide bonds. The second-order valence-electron chi connectivity index (χ2n) is 10.6. The van der Waals surface area contributed by atoms with Crippen molar-refractivity contribution in [2.75, 3.05) is 11.9 Å². The van der Waals surface area contributed by atoms with Crippen LogP contribution in [0.2, 0.25) is 0 Å². The van der Waals surface area contributed by atoms with Crippen LogP contribution >= 0.6 is 0 Å². The lowest BCUT2D eigenvalue weighted by molar-refractivity contribution is -0.137. The minimum absolute atomic E-state index is 0.0706. The Morgan fingerprint density at radius 2 is 1.80 bits per heavy atom. The molecule has 1 aromatic heterocycles. The summed E-state index contributed by atoms with van der Waals surface area (Å²) in [6.07, 6.45) is -4.62. The van der Waals surface area contributed by atoms with Gasteiger partial charge in [0.1, 0.15) is 24.1 Å². The number of halogens is 3. The highest BCUT2D eigenvalue weighted by Gasteiger charge is 2.31. The molecule has 0 spiro atoms. The van der Waals surface area contributed by atoms with Crippen LogP contribution in [0.25, 0.3) is 11.4 Å². The number of hydrogen-bond acceptors (Lipinski definition) is 7. The second-order valence-corrected chi connectivity index (χ2v) is 10.6. The number of nitrogens with one attached hydrogen (secondary N) is 2. The number of alkyl halides is 3. The maximum absolute atomic E-state index is 12.9. The zero-order valence-electron chi connectivity index (χ0n) is 23.1. The zero-order valence-corrected chi connectivity index (χ0v) is 23.1. The smallest absolute Gasteiger partial charge is 0.416 e. The van der Waals surface area contributed by atoms with Gasteiger partial charge in [-0.25, -0.2) is 4.79 Å². The van der Waals surface area contributed by atoms with E-state index in [1.807, 2.05) is 0 Å². The molecule has 1 fully saturated rings. The third-order valence-corrected chi connectivity index (χ3v) is 6.19. The molecule has 2 heterocycles. The summed E-state index contributed by atoms with van der Waals surface area (Å²) in [6, 6.07) is 11.4. The van der Waals surface area contributed by atoms with E-state index >= 15 is 0 Å². The largest absolute Gasteiger partial charge is 0.486 e. The summed E-state index contributed by atoms with van der Waals surface area (Å²) in [5.41, 5.74) is -0.119. The van der Waals surface area contributed by atoms with E-state index in [0.29, 0.717) is 35.7 Å². The van der Waals surface area contributed by atoms with Gasteiger partial charge >= 0.3 is 12.3 Å². The number of carbonyl (C=O) groups is 2. The molecule has 1 aliphatic heterocycles. The lowest BCUT2D eigenvalue weighted by Gasteiger charge is -2.29. The molecule has 220 valence electrons. The Morgan fingerprint density at radius 3 is 2.44 bits per heavy atom. The molecule has 4 rings (SSSR count). The van der Waals surface area contributed by atoms with Crippen LogP contribution in [0.1, 0.15) is 45.0 Å². The van der Waals surface area contributed by atoms with Gasteiger partial charge in [0.25, 0.3) is 5.91 Å². The highest BCUT2D eigenvalue weighted by Crippen LogP contribution is 2.31. The average Bonchev–Trinajstić information content (AvgIpc) is 3.27. The van der Waals surface area contributed by atoms with Gasteiger partial charge in [-0.05, 0) is 76.1 Å². The van der Waals surface area contributed by atoms with Gasteiger partial charge < -0.3 is 29.4 Å². The fraction of sp³-hybridized carbons (Fsp3) is 0.429. The van der Waals surface area contributed by atoms with Crippen LogP contribution in [0.5, 0.6) is 5.75 Å². The summed E-state index contributed by atoms with van der Waals surface area (Å²) in [6.45, 7) is 5.47. The van der Waals surface area contributed by atoms with Gasteiger partial charge in [0.05, 0.1) is 18.2 Å². The first-order valence-corrected chi connectivity index (χ1v) is 13.0. The number of anilines is 1. The fourth-order valence-electron chi connectivity index (χ4n) is 4.12. The van der Waals surface area contributed by atoms with Crippen LogP contribution in [0.15, 0.2) is 48.5 Å². The number of benzene rings is 2. The van der Waals surface area contributed by atoms with Crippen molar-refractivity contribution in [2.45, 2.75) is 64.1 Å². The van der Waals surface area contributed by atoms with Crippen molar-refractivity contribution < 1.29 is 37.0 Å². The molecule has 0 bridgehead atoms. The second kappa shape index (κ2) is 12.2. The number of carbonyl (C=O) groups excluding carboxylic acids is 2. The van der Waals surface area contributed by atoms with Crippen molar-refractivity contribution in [3.63, 3.8) is 0 Å². The Morgan fingerprint density at radius 1 is 1.07 bits per heavy atom. The quantitative estimate of drug-likeness (QED) is 0.403. The van der Waals surface area contributed by atoms with E-state index in [2.05, 4.69) is 20.8 Å². The number of amides is 2. The highest BCUT2D eigenvalue weighted by molar-refractivity contribution is 5.94. The normalized spacial score (nSPS) is 17.5. The van der Waals surface area contributed by atoms with E-state index in [1.165, 1.54) is 12.1 Å². The third-order valence-electron chi connectivity index (χ3n) is 6.19. The molecule has 0 unspecified atom stereocenters.